The molecule has 2 aromatic rings. The Labute approximate surface area is 119 Å². The summed E-state index contributed by atoms with van der Waals surface area (Å²) in [5.41, 5.74) is 1.18. The van der Waals surface area contributed by atoms with Crippen molar-refractivity contribution < 1.29 is 4.79 Å². The zero-order valence-corrected chi connectivity index (χ0v) is 12.0. The highest BCUT2D eigenvalue weighted by atomic mass is 16.1. The van der Waals surface area contributed by atoms with Gasteiger partial charge in [0.1, 0.15) is 0 Å². The monoisotopic (exact) mass is 271 g/mol. The van der Waals surface area contributed by atoms with E-state index in [1.54, 1.807) is 6.20 Å². The van der Waals surface area contributed by atoms with Crippen LogP contribution in [0.1, 0.15) is 19.4 Å². The summed E-state index contributed by atoms with van der Waals surface area (Å²) in [7, 11) is 0. The molecule has 0 radical (unpaired) electrons. The fraction of sp³-hybridized carbons (Fsp3) is 0.375. The highest BCUT2D eigenvalue weighted by Crippen LogP contribution is 2.16. The van der Waals surface area contributed by atoms with E-state index in [-0.39, 0.29) is 5.91 Å². The standard InChI is InChI=1S/C16H21N3O/c1-12(2)8-19-16(20)11-18-10-14-5-3-4-13-9-17-7-6-15(13)14/h3-7,9,12,18H,8,10-11H2,1-2H3,(H,19,20). The van der Waals surface area contributed by atoms with Crippen LogP contribution in [-0.2, 0) is 11.3 Å². The molecule has 0 aliphatic heterocycles. The molecular weight excluding hydrogens is 250 g/mol. The molecule has 0 unspecified atom stereocenters. The topological polar surface area (TPSA) is 54.0 Å². The van der Waals surface area contributed by atoms with E-state index >= 15 is 0 Å². The van der Waals surface area contributed by atoms with Crippen molar-refractivity contribution in [3.8, 4) is 0 Å². The maximum absolute atomic E-state index is 11.6. The van der Waals surface area contributed by atoms with Gasteiger partial charge in [-0.1, -0.05) is 32.0 Å². The molecule has 0 atom stereocenters. The van der Waals surface area contributed by atoms with Crippen LogP contribution in [0.2, 0.25) is 0 Å². The number of pyridine rings is 1. The summed E-state index contributed by atoms with van der Waals surface area (Å²) >= 11 is 0. The van der Waals surface area contributed by atoms with Gasteiger partial charge in [0.15, 0.2) is 0 Å². The van der Waals surface area contributed by atoms with Gasteiger partial charge < -0.3 is 10.6 Å². The van der Waals surface area contributed by atoms with Crippen molar-refractivity contribution in [2.24, 2.45) is 5.92 Å². The number of nitrogens with zero attached hydrogens (tertiary/aromatic N) is 1. The fourth-order valence-electron chi connectivity index (χ4n) is 2.03. The Morgan fingerprint density at radius 3 is 2.95 bits per heavy atom. The third-order valence-electron chi connectivity index (χ3n) is 3.08. The molecule has 1 aromatic heterocycles. The maximum atomic E-state index is 11.6. The van der Waals surface area contributed by atoms with Crippen molar-refractivity contribution >= 4 is 16.7 Å². The molecule has 2 N–H and O–H groups in total. The lowest BCUT2D eigenvalue weighted by Gasteiger charge is -2.10. The van der Waals surface area contributed by atoms with E-state index in [1.165, 1.54) is 10.9 Å². The quantitative estimate of drug-likeness (QED) is 0.846. The average Bonchev–Trinajstić information content (AvgIpc) is 2.45. The van der Waals surface area contributed by atoms with Gasteiger partial charge >= 0.3 is 0 Å². The number of rotatable bonds is 6. The van der Waals surface area contributed by atoms with Crippen molar-refractivity contribution in [1.29, 1.82) is 0 Å². The number of carbonyl (C=O) groups is 1. The van der Waals surface area contributed by atoms with E-state index in [0.717, 1.165) is 11.9 Å². The molecule has 0 saturated carbocycles. The first-order chi connectivity index (χ1) is 9.66. The summed E-state index contributed by atoms with van der Waals surface area (Å²) in [5.74, 6) is 0.519. The predicted molar refractivity (Wildman–Crippen MR) is 81.3 cm³/mol. The number of aromatic nitrogens is 1. The minimum Gasteiger partial charge on any atom is -0.355 e. The number of carbonyl (C=O) groups excluding carboxylic acids is 1. The van der Waals surface area contributed by atoms with Gasteiger partial charge in [-0.05, 0) is 22.9 Å². The zero-order chi connectivity index (χ0) is 14.4. The SMILES string of the molecule is CC(C)CNC(=O)CNCc1cccc2cnccc12. The molecule has 0 saturated heterocycles. The number of fused-ring (bicyclic) bond motifs is 1. The Morgan fingerprint density at radius 1 is 1.30 bits per heavy atom. The van der Waals surface area contributed by atoms with Crippen molar-refractivity contribution in [3.05, 3.63) is 42.2 Å². The molecule has 20 heavy (non-hydrogen) atoms. The lowest BCUT2D eigenvalue weighted by Crippen LogP contribution is -2.35. The Balaban J connectivity index is 1.88. The van der Waals surface area contributed by atoms with Crippen LogP contribution in [0.4, 0.5) is 0 Å². The first-order valence-corrected chi connectivity index (χ1v) is 6.96. The number of hydrogen-bond acceptors (Lipinski definition) is 3. The highest BCUT2D eigenvalue weighted by molar-refractivity contribution is 5.84. The Kier molecular flexibility index (Phi) is 5.07. The largest absolute Gasteiger partial charge is 0.355 e. The van der Waals surface area contributed by atoms with E-state index in [0.29, 0.717) is 19.0 Å². The van der Waals surface area contributed by atoms with Gasteiger partial charge in [-0.2, -0.15) is 0 Å². The molecule has 0 aliphatic rings. The zero-order valence-electron chi connectivity index (χ0n) is 12.0. The average molecular weight is 271 g/mol. The summed E-state index contributed by atoms with van der Waals surface area (Å²) in [5, 5.41) is 8.38. The number of benzene rings is 1. The first kappa shape index (κ1) is 14.5. The predicted octanol–water partition coefficient (Wildman–Crippen LogP) is 2.10. The number of nitrogens with one attached hydrogen (secondary N) is 2. The molecular formula is C16H21N3O. The molecule has 106 valence electrons. The Hall–Kier alpha value is -1.94. The van der Waals surface area contributed by atoms with Crippen LogP contribution in [0.5, 0.6) is 0 Å². The maximum Gasteiger partial charge on any atom is 0.233 e. The van der Waals surface area contributed by atoms with Gasteiger partial charge in [0.05, 0.1) is 6.54 Å². The van der Waals surface area contributed by atoms with Crippen molar-refractivity contribution in [1.82, 2.24) is 15.6 Å². The van der Waals surface area contributed by atoms with Crippen molar-refractivity contribution in [2.75, 3.05) is 13.1 Å². The summed E-state index contributed by atoms with van der Waals surface area (Å²) in [6.45, 7) is 5.90. The third-order valence-corrected chi connectivity index (χ3v) is 3.08. The van der Waals surface area contributed by atoms with Gasteiger partial charge in [0, 0.05) is 30.9 Å². The van der Waals surface area contributed by atoms with Crippen LogP contribution in [0.15, 0.2) is 36.7 Å². The van der Waals surface area contributed by atoms with Gasteiger partial charge in [0.25, 0.3) is 0 Å². The van der Waals surface area contributed by atoms with Crippen molar-refractivity contribution in [2.45, 2.75) is 20.4 Å². The lowest BCUT2D eigenvalue weighted by molar-refractivity contribution is -0.120. The Morgan fingerprint density at radius 2 is 2.15 bits per heavy atom. The van der Waals surface area contributed by atoms with Crippen LogP contribution in [-0.4, -0.2) is 24.0 Å². The number of amides is 1. The summed E-state index contributed by atoms with van der Waals surface area (Å²) in [6, 6.07) is 8.13. The molecule has 2 rings (SSSR count). The van der Waals surface area contributed by atoms with Gasteiger partial charge in [-0.15, -0.1) is 0 Å². The molecule has 1 amide bonds. The Bertz CT molecular complexity index is 575. The highest BCUT2D eigenvalue weighted by Gasteiger charge is 2.03. The summed E-state index contributed by atoms with van der Waals surface area (Å²) in [4.78, 5) is 15.7. The summed E-state index contributed by atoms with van der Waals surface area (Å²) < 4.78 is 0. The van der Waals surface area contributed by atoms with Gasteiger partial charge in [0.2, 0.25) is 5.91 Å². The fourth-order valence-corrected chi connectivity index (χ4v) is 2.03. The molecule has 0 aliphatic carbocycles. The van der Waals surface area contributed by atoms with Crippen LogP contribution in [0.25, 0.3) is 10.8 Å². The normalized spacial score (nSPS) is 10.9. The first-order valence-electron chi connectivity index (χ1n) is 6.96. The van der Waals surface area contributed by atoms with E-state index in [1.807, 2.05) is 24.4 Å². The van der Waals surface area contributed by atoms with Gasteiger partial charge in [-0.3, -0.25) is 9.78 Å². The summed E-state index contributed by atoms with van der Waals surface area (Å²) in [6.07, 6.45) is 3.65. The smallest absolute Gasteiger partial charge is 0.233 e. The van der Waals surface area contributed by atoms with Crippen molar-refractivity contribution in [3.63, 3.8) is 0 Å². The number of hydrogen-bond donors (Lipinski definition) is 2. The second-order valence-corrected chi connectivity index (χ2v) is 5.32. The van der Waals surface area contributed by atoms with Crippen LogP contribution >= 0.6 is 0 Å². The van der Waals surface area contributed by atoms with E-state index in [2.05, 4.69) is 35.5 Å². The molecule has 0 bridgehead atoms. The molecule has 1 aromatic carbocycles. The van der Waals surface area contributed by atoms with Crippen LogP contribution < -0.4 is 10.6 Å². The van der Waals surface area contributed by atoms with E-state index < -0.39 is 0 Å². The molecule has 1 heterocycles. The second-order valence-electron chi connectivity index (χ2n) is 5.32. The van der Waals surface area contributed by atoms with E-state index in [9.17, 15) is 4.79 Å². The van der Waals surface area contributed by atoms with Crippen LogP contribution in [0.3, 0.4) is 0 Å². The molecule has 4 heteroatoms. The lowest BCUT2D eigenvalue weighted by atomic mass is 10.1. The molecule has 0 spiro atoms. The molecule has 0 fully saturated rings. The minimum atomic E-state index is 0.0422. The van der Waals surface area contributed by atoms with E-state index in [4.69, 9.17) is 0 Å². The molecule has 4 nitrogen and oxygen atoms in total. The minimum absolute atomic E-state index is 0.0422. The second kappa shape index (κ2) is 7.01. The third kappa shape index (κ3) is 4.03. The van der Waals surface area contributed by atoms with Gasteiger partial charge in [-0.25, -0.2) is 0 Å². The van der Waals surface area contributed by atoms with Crippen LogP contribution in [0, 0.1) is 5.92 Å².